The molecule has 4 nitrogen and oxygen atoms in total. The molecule has 0 unspecified atom stereocenters. The predicted molar refractivity (Wildman–Crippen MR) is 70.8 cm³/mol. The molecule has 2 aromatic rings. The Labute approximate surface area is 106 Å². The highest BCUT2D eigenvalue weighted by Gasteiger charge is 2.19. The lowest BCUT2D eigenvalue weighted by Crippen LogP contribution is -1.96. The van der Waals surface area contributed by atoms with Gasteiger partial charge in [0.2, 0.25) is 0 Å². The van der Waals surface area contributed by atoms with E-state index in [1.165, 1.54) is 0 Å². The van der Waals surface area contributed by atoms with Gasteiger partial charge in [0, 0.05) is 29.8 Å². The van der Waals surface area contributed by atoms with Crippen molar-refractivity contribution < 1.29 is 14.3 Å². The zero-order chi connectivity index (χ0) is 13.4. The molecule has 0 radical (unpaired) electrons. The van der Waals surface area contributed by atoms with Gasteiger partial charge < -0.3 is 14.0 Å². The van der Waals surface area contributed by atoms with Crippen molar-refractivity contribution in [1.29, 1.82) is 0 Å². The quantitative estimate of drug-likeness (QED) is 0.783. The number of fused-ring (bicyclic) bond motifs is 1. The third-order valence-corrected chi connectivity index (χ3v) is 3.33. The average molecular weight is 247 g/mol. The number of methoxy groups -OCH3 is 2. The minimum atomic E-state index is 0.0495. The summed E-state index contributed by atoms with van der Waals surface area (Å²) in [5.41, 5.74) is 2.58. The average Bonchev–Trinajstić information content (AvgIpc) is 2.60. The molecule has 1 heterocycles. The van der Waals surface area contributed by atoms with Crippen LogP contribution >= 0.6 is 0 Å². The summed E-state index contributed by atoms with van der Waals surface area (Å²) in [6.45, 7) is 3.51. The number of aromatic nitrogens is 1. The molecule has 96 valence electrons. The van der Waals surface area contributed by atoms with Crippen molar-refractivity contribution in [2.24, 2.45) is 7.05 Å². The fourth-order valence-corrected chi connectivity index (χ4v) is 2.37. The predicted octanol–water partition coefficient (Wildman–Crippen LogP) is 2.71. The SMILES string of the molecule is COc1cc(OC)c2c(c1)c(C(C)=O)c(C)n2C. The fourth-order valence-electron chi connectivity index (χ4n) is 2.37. The van der Waals surface area contributed by atoms with Gasteiger partial charge in [-0.2, -0.15) is 0 Å². The summed E-state index contributed by atoms with van der Waals surface area (Å²) < 4.78 is 12.6. The van der Waals surface area contributed by atoms with Crippen molar-refractivity contribution in [2.45, 2.75) is 13.8 Å². The highest BCUT2D eigenvalue weighted by atomic mass is 16.5. The van der Waals surface area contributed by atoms with Crippen LogP contribution in [-0.2, 0) is 7.05 Å². The van der Waals surface area contributed by atoms with E-state index in [9.17, 15) is 4.79 Å². The van der Waals surface area contributed by atoms with Crippen molar-refractivity contribution in [3.8, 4) is 11.5 Å². The Balaban J connectivity index is 2.95. The standard InChI is InChI=1S/C14H17NO3/c1-8-13(9(2)16)11-6-10(17-4)7-12(18-5)14(11)15(8)3/h6-7H,1-5H3. The highest BCUT2D eigenvalue weighted by Crippen LogP contribution is 2.36. The van der Waals surface area contributed by atoms with Crippen LogP contribution in [0.4, 0.5) is 0 Å². The second-order valence-electron chi connectivity index (χ2n) is 4.30. The van der Waals surface area contributed by atoms with Crippen LogP contribution in [0.1, 0.15) is 23.0 Å². The number of ketones is 1. The van der Waals surface area contributed by atoms with E-state index in [2.05, 4.69) is 0 Å². The summed E-state index contributed by atoms with van der Waals surface area (Å²) in [5, 5.41) is 0.874. The molecule has 0 aliphatic rings. The summed E-state index contributed by atoms with van der Waals surface area (Å²) in [5.74, 6) is 1.45. The molecule has 0 amide bonds. The monoisotopic (exact) mass is 247 g/mol. The second-order valence-corrected chi connectivity index (χ2v) is 4.30. The van der Waals surface area contributed by atoms with Gasteiger partial charge >= 0.3 is 0 Å². The van der Waals surface area contributed by atoms with Crippen molar-refractivity contribution in [3.05, 3.63) is 23.4 Å². The summed E-state index contributed by atoms with van der Waals surface area (Å²) >= 11 is 0. The molecule has 2 rings (SSSR count). The van der Waals surface area contributed by atoms with E-state index in [-0.39, 0.29) is 5.78 Å². The van der Waals surface area contributed by atoms with Gasteiger partial charge in [0.15, 0.2) is 5.78 Å². The molecule has 0 saturated heterocycles. The zero-order valence-electron chi connectivity index (χ0n) is 11.3. The van der Waals surface area contributed by atoms with Crippen LogP contribution in [0.5, 0.6) is 11.5 Å². The van der Waals surface area contributed by atoms with E-state index in [1.807, 2.05) is 30.7 Å². The Morgan fingerprint density at radius 1 is 1.22 bits per heavy atom. The van der Waals surface area contributed by atoms with Crippen LogP contribution in [0.3, 0.4) is 0 Å². The van der Waals surface area contributed by atoms with Gasteiger partial charge in [-0.25, -0.2) is 0 Å². The molecular formula is C14H17NO3. The number of nitrogens with zero attached hydrogens (tertiary/aromatic N) is 1. The summed E-state index contributed by atoms with van der Waals surface area (Å²) in [6.07, 6.45) is 0. The Hall–Kier alpha value is -1.97. The van der Waals surface area contributed by atoms with E-state index >= 15 is 0 Å². The van der Waals surface area contributed by atoms with E-state index in [0.29, 0.717) is 11.5 Å². The smallest absolute Gasteiger partial charge is 0.162 e. The highest BCUT2D eigenvalue weighted by molar-refractivity contribution is 6.10. The Bertz CT molecular complexity index is 626. The largest absolute Gasteiger partial charge is 0.497 e. The number of aryl methyl sites for hydroxylation is 1. The number of hydrogen-bond donors (Lipinski definition) is 0. The lowest BCUT2D eigenvalue weighted by molar-refractivity contribution is 0.101. The van der Waals surface area contributed by atoms with Crippen LogP contribution in [0.15, 0.2) is 12.1 Å². The molecule has 4 heteroatoms. The van der Waals surface area contributed by atoms with Crippen LogP contribution in [0.2, 0.25) is 0 Å². The molecule has 0 bridgehead atoms. The Morgan fingerprint density at radius 3 is 2.39 bits per heavy atom. The van der Waals surface area contributed by atoms with E-state index < -0.39 is 0 Å². The topological polar surface area (TPSA) is 40.5 Å². The van der Waals surface area contributed by atoms with Gasteiger partial charge in [0.05, 0.1) is 19.7 Å². The van der Waals surface area contributed by atoms with Gasteiger partial charge in [-0.15, -0.1) is 0 Å². The maximum Gasteiger partial charge on any atom is 0.162 e. The van der Waals surface area contributed by atoms with Gasteiger partial charge in [-0.05, 0) is 19.9 Å². The molecule has 0 aliphatic heterocycles. The molecule has 1 aromatic heterocycles. The minimum absolute atomic E-state index is 0.0495. The number of ether oxygens (including phenoxy) is 2. The van der Waals surface area contributed by atoms with E-state index in [4.69, 9.17) is 9.47 Å². The van der Waals surface area contributed by atoms with Crippen molar-refractivity contribution >= 4 is 16.7 Å². The molecule has 0 aliphatic carbocycles. The normalized spacial score (nSPS) is 10.7. The van der Waals surface area contributed by atoms with Crippen LogP contribution in [0, 0.1) is 6.92 Å². The number of carbonyl (C=O) groups is 1. The van der Waals surface area contributed by atoms with Gasteiger partial charge in [-0.1, -0.05) is 0 Å². The first-order chi connectivity index (χ1) is 8.51. The third-order valence-electron chi connectivity index (χ3n) is 3.33. The first-order valence-electron chi connectivity index (χ1n) is 5.73. The molecule has 0 atom stereocenters. The van der Waals surface area contributed by atoms with E-state index in [0.717, 1.165) is 22.2 Å². The lowest BCUT2D eigenvalue weighted by Gasteiger charge is -2.08. The molecule has 18 heavy (non-hydrogen) atoms. The van der Waals surface area contributed by atoms with Gasteiger partial charge in [0.25, 0.3) is 0 Å². The third kappa shape index (κ3) is 1.65. The first-order valence-corrected chi connectivity index (χ1v) is 5.73. The summed E-state index contributed by atoms with van der Waals surface area (Å²) in [4.78, 5) is 11.8. The zero-order valence-corrected chi connectivity index (χ0v) is 11.3. The van der Waals surface area contributed by atoms with Crippen LogP contribution in [0.25, 0.3) is 10.9 Å². The fraction of sp³-hybridized carbons (Fsp3) is 0.357. The second kappa shape index (κ2) is 4.37. The van der Waals surface area contributed by atoms with Crippen molar-refractivity contribution in [1.82, 2.24) is 4.57 Å². The van der Waals surface area contributed by atoms with Crippen LogP contribution < -0.4 is 9.47 Å². The number of Topliss-reactive ketones (excluding diaryl/α,β-unsaturated/α-hetero) is 1. The molecule has 0 saturated carbocycles. The maximum atomic E-state index is 11.8. The number of benzene rings is 1. The van der Waals surface area contributed by atoms with Crippen LogP contribution in [-0.4, -0.2) is 24.6 Å². The van der Waals surface area contributed by atoms with E-state index in [1.54, 1.807) is 21.1 Å². The van der Waals surface area contributed by atoms with Crippen molar-refractivity contribution in [2.75, 3.05) is 14.2 Å². The summed E-state index contributed by atoms with van der Waals surface area (Å²) in [6, 6.07) is 3.70. The maximum absolute atomic E-state index is 11.8. The molecule has 0 fully saturated rings. The molecule has 0 N–H and O–H groups in total. The summed E-state index contributed by atoms with van der Waals surface area (Å²) in [7, 11) is 5.15. The number of rotatable bonds is 3. The Morgan fingerprint density at radius 2 is 1.89 bits per heavy atom. The molecular weight excluding hydrogens is 230 g/mol. The molecule has 1 aromatic carbocycles. The van der Waals surface area contributed by atoms with Gasteiger partial charge in [-0.3, -0.25) is 4.79 Å². The lowest BCUT2D eigenvalue weighted by atomic mass is 10.1. The molecule has 0 spiro atoms. The first kappa shape index (κ1) is 12.5. The van der Waals surface area contributed by atoms with Crippen molar-refractivity contribution in [3.63, 3.8) is 0 Å². The Kier molecular flexibility index (Phi) is 3.03. The van der Waals surface area contributed by atoms with Gasteiger partial charge in [0.1, 0.15) is 11.5 Å². The number of carbonyl (C=O) groups excluding carboxylic acids is 1. The minimum Gasteiger partial charge on any atom is -0.497 e. The number of hydrogen-bond acceptors (Lipinski definition) is 3.